The van der Waals surface area contributed by atoms with Crippen molar-refractivity contribution < 1.29 is 33.5 Å². The number of amides is 5. The molecule has 6 rings (SSSR count). The quantitative estimate of drug-likeness (QED) is 0.192. The Morgan fingerprint density at radius 1 is 1.16 bits per heavy atom. The number of carbonyl (C=O) groups excluding carboxylic acids is 4. The number of imide groups is 1. The maximum Gasteiger partial charge on any atom is 0.327 e. The van der Waals surface area contributed by atoms with Gasteiger partial charge in [0.25, 0.3) is 11.1 Å². The Hall–Kier alpha value is -4.33. The number of nitrogens with zero attached hydrogens (tertiary/aromatic N) is 3. The summed E-state index contributed by atoms with van der Waals surface area (Å²) < 4.78 is 13.6. The molecule has 5 amide bonds. The van der Waals surface area contributed by atoms with Gasteiger partial charge in [-0.2, -0.15) is 0 Å². The van der Waals surface area contributed by atoms with Crippen LogP contribution in [0.25, 0.3) is 10.9 Å². The zero-order chi connectivity index (χ0) is 31.5. The smallest absolute Gasteiger partial charge is 0.327 e. The molecule has 2 fully saturated rings. The lowest BCUT2D eigenvalue weighted by molar-refractivity contribution is -0.186. The number of carbonyl (C=O) groups is 4. The number of hydrogen-bond acceptors (Lipinski definition) is 8. The molecule has 0 spiro atoms. The van der Waals surface area contributed by atoms with Crippen LogP contribution in [0.2, 0.25) is 0 Å². The lowest BCUT2D eigenvalue weighted by Gasteiger charge is -2.31. The van der Waals surface area contributed by atoms with Gasteiger partial charge in [0.15, 0.2) is 6.29 Å². The van der Waals surface area contributed by atoms with Gasteiger partial charge in [0.05, 0.1) is 18.3 Å². The largest absolute Gasteiger partial charge is 0.492 e. The fourth-order valence-corrected chi connectivity index (χ4v) is 6.94. The van der Waals surface area contributed by atoms with Crippen LogP contribution in [0.1, 0.15) is 51.7 Å². The molecule has 3 aliphatic rings. The molecule has 0 saturated carbocycles. The van der Waals surface area contributed by atoms with E-state index in [0.29, 0.717) is 44.1 Å². The molecule has 12 nitrogen and oxygen atoms in total. The molecular formula is C32H35N5O7S. The fourth-order valence-electron chi connectivity index (χ4n) is 5.82. The normalized spacial score (nSPS) is 19.6. The highest BCUT2D eigenvalue weighted by Gasteiger charge is 2.40. The van der Waals surface area contributed by atoms with E-state index in [1.807, 2.05) is 30.3 Å². The van der Waals surface area contributed by atoms with E-state index in [0.717, 1.165) is 58.7 Å². The van der Waals surface area contributed by atoms with Gasteiger partial charge in [0, 0.05) is 55.3 Å². The number of hydrogen-bond donors (Lipinski definition) is 2. The van der Waals surface area contributed by atoms with Crippen molar-refractivity contribution in [3.8, 4) is 5.75 Å². The van der Waals surface area contributed by atoms with Crippen molar-refractivity contribution in [2.75, 3.05) is 33.4 Å². The summed E-state index contributed by atoms with van der Waals surface area (Å²) in [5, 5.41) is 3.10. The fraction of sp³-hybridized carbons (Fsp3) is 0.375. The standard InChI is InChI=1S/C32H35N5O7S/c1-3-27(38)33-13-15-42-22-11-12-24-23(16-22)29-25(18-36-19-26(29)45-32(41)35(2)31(36)40)37(24)17-20-7-9-21(10-8-20)30(39)34-44-28-6-4-5-14-43-28/h3,7-12,16,26,28H,1,4-6,13-15,17-19H2,2H3,(H,33,38)(H,34,39). The van der Waals surface area contributed by atoms with E-state index in [9.17, 15) is 19.2 Å². The monoisotopic (exact) mass is 633 g/mol. The number of rotatable bonds is 10. The molecule has 2 saturated heterocycles. The van der Waals surface area contributed by atoms with Crippen LogP contribution in [0.4, 0.5) is 9.59 Å². The molecule has 3 aliphatic heterocycles. The molecule has 2 unspecified atom stereocenters. The van der Waals surface area contributed by atoms with Crippen molar-refractivity contribution >= 4 is 45.7 Å². The molecule has 1 aromatic heterocycles. The summed E-state index contributed by atoms with van der Waals surface area (Å²) in [6.45, 7) is 5.92. The Kier molecular flexibility index (Phi) is 9.10. The average Bonchev–Trinajstić information content (AvgIpc) is 3.34. The van der Waals surface area contributed by atoms with Crippen molar-refractivity contribution in [3.05, 3.63) is 77.5 Å². The van der Waals surface area contributed by atoms with Gasteiger partial charge in [-0.3, -0.25) is 19.3 Å². The minimum Gasteiger partial charge on any atom is -0.492 e. The van der Waals surface area contributed by atoms with Crippen LogP contribution in [0, 0.1) is 0 Å². The van der Waals surface area contributed by atoms with Crippen LogP contribution < -0.4 is 15.5 Å². The van der Waals surface area contributed by atoms with Gasteiger partial charge < -0.3 is 24.3 Å². The van der Waals surface area contributed by atoms with E-state index in [1.165, 1.54) is 18.0 Å². The summed E-state index contributed by atoms with van der Waals surface area (Å²) in [5.74, 6) is 0.0137. The van der Waals surface area contributed by atoms with Crippen molar-refractivity contribution in [3.63, 3.8) is 0 Å². The minimum atomic E-state index is -0.432. The Balaban J connectivity index is 1.26. The van der Waals surface area contributed by atoms with Crippen LogP contribution in [0.5, 0.6) is 5.75 Å². The minimum absolute atomic E-state index is 0.250. The molecule has 3 aromatic rings. The number of aromatic nitrogens is 1. The van der Waals surface area contributed by atoms with E-state index in [1.54, 1.807) is 17.0 Å². The number of urea groups is 1. The number of thioether (sulfide) groups is 1. The second-order valence-corrected chi connectivity index (χ2v) is 12.3. The van der Waals surface area contributed by atoms with Gasteiger partial charge in [-0.25, -0.2) is 15.1 Å². The maximum atomic E-state index is 13.1. The van der Waals surface area contributed by atoms with E-state index in [-0.39, 0.29) is 34.9 Å². The van der Waals surface area contributed by atoms with Crippen LogP contribution in [-0.2, 0) is 27.5 Å². The Labute approximate surface area is 264 Å². The molecule has 2 aromatic carbocycles. The number of hydroxylamine groups is 1. The van der Waals surface area contributed by atoms with Gasteiger partial charge in [0.2, 0.25) is 5.91 Å². The zero-order valence-corrected chi connectivity index (χ0v) is 25.8. The predicted octanol–water partition coefficient (Wildman–Crippen LogP) is 4.33. The Morgan fingerprint density at radius 2 is 1.98 bits per heavy atom. The Morgan fingerprint density at radius 3 is 2.73 bits per heavy atom. The number of ether oxygens (including phenoxy) is 2. The van der Waals surface area contributed by atoms with Crippen LogP contribution in [-0.4, -0.2) is 77.1 Å². The van der Waals surface area contributed by atoms with Gasteiger partial charge >= 0.3 is 6.03 Å². The van der Waals surface area contributed by atoms with Gasteiger partial charge in [0.1, 0.15) is 12.4 Å². The third-order valence-corrected chi connectivity index (χ3v) is 9.29. The molecule has 4 heterocycles. The average molecular weight is 634 g/mol. The molecule has 2 atom stereocenters. The van der Waals surface area contributed by atoms with E-state index in [2.05, 4.69) is 21.9 Å². The summed E-state index contributed by atoms with van der Waals surface area (Å²) in [6, 6.07) is 12.8. The molecular weight excluding hydrogens is 598 g/mol. The van der Waals surface area contributed by atoms with E-state index < -0.39 is 6.29 Å². The highest BCUT2D eigenvalue weighted by atomic mass is 32.2. The number of benzene rings is 2. The Bertz CT molecular complexity index is 1630. The molecule has 45 heavy (non-hydrogen) atoms. The van der Waals surface area contributed by atoms with Gasteiger partial charge in [-0.15, -0.1) is 0 Å². The SMILES string of the molecule is C=CC(=O)NCCOc1ccc2c(c1)c1c(n2Cc2ccc(C(=O)NOC3CCCCO3)cc2)CN2CC1SC(=O)N(C)C2=O. The van der Waals surface area contributed by atoms with Crippen molar-refractivity contribution in [1.82, 2.24) is 25.2 Å². The van der Waals surface area contributed by atoms with E-state index >= 15 is 0 Å². The second kappa shape index (κ2) is 13.3. The first-order valence-electron chi connectivity index (χ1n) is 14.9. The highest BCUT2D eigenvalue weighted by molar-refractivity contribution is 8.13. The summed E-state index contributed by atoms with van der Waals surface area (Å²) in [7, 11) is 1.51. The van der Waals surface area contributed by atoms with Crippen molar-refractivity contribution in [1.29, 1.82) is 0 Å². The first-order chi connectivity index (χ1) is 21.8. The lowest BCUT2D eigenvalue weighted by atomic mass is 10.0. The van der Waals surface area contributed by atoms with Crippen LogP contribution in [0.3, 0.4) is 0 Å². The van der Waals surface area contributed by atoms with Crippen LogP contribution in [0.15, 0.2) is 55.1 Å². The maximum absolute atomic E-state index is 13.1. The van der Waals surface area contributed by atoms with Crippen LogP contribution >= 0.6 is 11.8 Å². The molecule has 0 radical (unpaired) electrons. The third-order valence-electron chi connectivity index (χ3n) is 8.14. The first-order valence-corrected chi connectivity index (χ1v) is 15.8. The molecule has 236 valence electrons. The topological polar surface area (TPSA) is 131 Å². The van der Waals surface area contributed by atoms with Gasteiger partial charge in [-0.05, 0) is 60.4 Å². The summed E-state index contributed by atoms with van der Waals surface area (Å²) >= 11 is 1.15. The van der Waals surface area contributed by atoms with E-state index in [4.69, 9.17) is 14.3 Å². The number of nitrogens with one attached hydrogen (secondary N) is 2. The first kappa shape index (κ1) is 30.7. The highest BCUT2D eigenvalue weighted by Crippen LogP contribution is 2.46. The summed E-state index contributed by atoms with van der Waals surface area (Å²) in [5.41, 5.74) is 6.80. The molecule has 2 bridgehead atoms. The molecule has 13 heteroatoms. The van der Waals surface area contributed by atoms with Crippen molar-refractivity contribution in [2.45, 2.75) is 43.9 Å². The van der Waals surface area contributed by atoms with Gasteiger partial charge in [-0.1, -0.05) is 30.5 Å². The summed E-state index contributed by atoms with van der Waals surface area (Å²) in [6.07, 6.45) is 3.50. The molecule has 2 N–H and O–H groups in total. The molecule has 0 aliphatic carbocycles. The third kappa shape index (κ3) is 6.56. The van der Waals surface area contributed by atoms with Crippen molar-refractivity contribution in [2.24, 2.45) is 0 Å². The summed E-state index contributed by atoms with van der Waals surface area (Å²) in [4.78, 5) is 58.4. The zero-order valence-electron chi connectivity index (χ0n) is 25.0. The lowest BCUT2D eigenvalue weighted by Crippen LogP contribution is -2.42. The predicted molar refractivity (Wildman–Crippen MR) is 168 cm³/mol. The second-order valence-electron chi connectivity index (χ2n) is 11.1. The number of fused-ring (bicyclic) bond motifs is 6.